The summed E-state index contributed by atoms with van der Waals surface area (Å²) in [5.74, 6) is 3.27. The first-order valence-electron chi connectivity index (χ1n) is 6.77. The van der Waals surface area contributed by atoms with Crippen LogP contribution in [0.15, 0.2) is 57.1 Å². The molecule has 0 radical (unpaired) electrons. The first-order chi connectivity index (χ1) is 10.8. The van der Waals surface area contributed by atoms with Gasteiger partial charge in [0.2, 0.25) is 0 Å². The standard InChI is InChI=1S/C17H13BrN4/c1-2-8-20-16-11-21-17(15-5-3-4-9-19-15)13-10-12(18)6-7-14(13)22-16/h1,3-7,9-10H,8,11H2,(H,20,22). The smallest absolute Gasteiger partial charge is 0.124 e. The summed E-state index contributed by atoms with van der Waals surface area (Å²) in [6.45, 7) is 0.780. The van der Waals surface area contributed by atoms with Crippen molar-refractivity contribution in [2.75, 3.05) is 18.4 Å². The first kappa shape index (κ1) is 14.5. The molecule has 4 nitrogen and oxygen atoms in total. The van der Waals surface area contributed by atoms with Gasteiger partial charge in [0.05, 0.1) is 18.0 Å². The number of terminal acetylenes is 1. The van der Waals surface area contributed by atoms with Crippen molar-refractivity contribution in [2.24, 2.45) is 9.98 Å². The molecule has 1 N–H and O–H groups in total. The average Bonchev–Trinajstić information content (AvgIpc) is 2.73. The molecule has 22 heavy (non-hydrogen) atoms. The molecule has 2 heterocycles. The number of hydrogen-bond donors (Lipinski definition) is 1. The number of rotatable bonds is 2. The molecule has 0 saturated carbocycles. The van der Waals surface area contributed by atoms with Crippen LogP contribution in [0.4, 0.5) is 5.69 Å². The van der Waals surface area contributed by atoms with E-state index in [1.54, 1.807) is 6.20 Å². The van der Waals surface area contributed by atoms with E-state index in [1.807, 2.05) is 36.4 Å². The molecule has 1 aliphatic rings. The number of amidine groups is 1. The number of pyridine rings is 1. The lowest BCUT2D eigenvalue weighted by molar-refractivity contribution is 1.20. The number of aliphatic imine (C=N–C) groups is 2. The summed E-state index contributed by atoms with van der Waals surface area (Å²) < 4.78 is 0.987. The van der Waals surface area contributed by atoms with Crippen LogP contribution in [0.25, 0.3) is 0 Å². The van der Waals surface area contributed by atoms with E-state index in [1.165, 1.54) is 0 Å². The van der Waals surface area contributed by atoms with Crippen LogP contribution in [0.1, 0.15) is 11.3 Å². The number of benzodiazepines with no additional fused rings is 1. The summed E-state index contributed by atoms with van der Waals surface area (Å²) in [7, 11) is 0. The lowest BCUT2D eigenvalue weighted by Crippen LogP contribution is -2.15. The lowest BCUT2D eigenvalue weighted by atomic mass is 10.0. The molecule has 1 aliphatic heterocycles. The van der Waals surface area contributed by atoms with Gasteiger partial charge in [-0.1, -0.05) is 27.9 Å². The molecule has 0 fully saturated rings. The van der Waals surface area contributed by atoms with Gasteiger partial charge in [0.15, 0.2) is 0 Å². The zero-order valence-corrected chi connectivity index (χ0v) is 13.3. The summed E-state index contributed by atoms with van der Waals surface area (Å²) >= 11 is 3.51. The van der Waals surface area contributed by atoms with E-state index >= 15 is 0 Å². The number of anilines is 1. The van der Waals surface area contributed by atoms with Crippen LogP contribution in [0.2, 0.25) is 0 Å². The molecule has 3 rings (SSSR count). The summed E-state index contributed by atoms with van der Waals surface area (Å²) in [6, 6.07) is 11.8. The predicted molar refractivity (Wildman–Crippen MR) is 93.6 cm³/mol. The third kappa shape index (κ3) is 3.07. The fourth-order valence-corrected chi connectivity index (χ4v) is 2.57. The van der Waals surface area contributed by atoms with Crippen molar-refractivity contribution in [1.82, 2.24) is 4.98 Å². The second-order valence-corrected chi connectivity index (χ2v) is 5.58. The lowest BCUT2D eigenvalue weighted by Gasteiger charge is -2.10. The molecule has 0 amide bonds. The highest BCUT2D eigenvalue weighted by molar-refractivity contribution is 9.10. The van der Waals surface area contributed by atoms with Crippen LogP contribution in [-0.2, 0) is 0 Å². The van der Waals surface area contributed by atoms with Crippen LogP contribution < -0.4 is 5.32 Å². The number of aromatic nitrogens is 1. The van der Waals surface area contributed by atoms with Crippen LogP contribution in [0.3, 0.4) is 0 Å². The minimum absolute atomic E-state index is 0.336. The second kappa shape index (κ2) is 6.54. The molecule has 0 atom stereocenters. The van der Waals surface area contributed by atoms with Gasteiger partial charge in [-0.2, -0.15) is 0 Å². The van der Waals surface area contributed by atoms with E-state index < -0.39 is 0 Å². The van der Waals surface area contributed by atoms with Crippen molar-refractivity contribution in [3.63, 3.8) is 0 Å². The van der Waals surface area contributed by atoms with E-state index in [0.717, 1.165) is 33.0 Å². The quantitative estimate of drug-likeness (QED) is 0.844. The number of fused-ring (bicyclic) bond motifs is 1. The highest BCUT2D eigenvalue weighted by Crippen LogP contribution is 2.25. The molecule has 0 unspecified atom stereocenters. The van der Waals surface area contributed by atoms with Gasteiger partial charge in [0.25, 0.3) is 0 Å². The van der Waals surface area contributed by atoms with E-state index in [9.17, 15) is 0 Å². The summed E-state index contributed by atoms with van der Waals surface area (Å²) in [5, 5.41) is 3.31. The van der Waals surface area contributed by atoms with Gasteiger partial charge in [-0.25, -0.2) is 0 Å². The number of halogens is 1. The molecule has 0 bridgehead atoms. The molecule has 5 heteroatoms. The minimum Gasteiger partial charge on any atom is -0.342 e. The third-order valence-electron chi connectivity index (χ3n) is 3.17. The van der Waals surface area contributed by atoms with Crippen molar-refractivity contribution in [1.29, 1.82) is 0 Å². The Morgan fingerprint density at radius 1 is 1.32 bits per heavy atom. The van der Waals surface area contributed by atoms with Crippen molar-refractivity contribution in [3.05, 3.63) is 58.3 Å². The van der Waals surface area contributed by atoms with Crippen LogP contribution in [0, 0.1) is 12.3 Å². The van der Waals surface area contributed by atoms with Gasteiger partial charge in [-0.15, -0.1) is 6.42 Å². The molecule has 1 aromatic carbocycles. The fourth-order valence-electron chi connectivity index (χ4n) is 2.21. The SMILES string of the molecule is C#CCN=C1CN=C(c2ccccn2)c2cc(Br)ccc2N1. The van der Waals surface area contributed by atoms with Crippen molar-refractivity contribution >= 4 is 33.2 Å². The van der Waals surface area contributed by atoms with Gasteiger partial charge in [0.1, 0.15) is 12.4 Å². The van der Waals surface area contributed by atoms with Crippen molar-refractivity contribution in [2.45, 2.75) is 0 Å². The molecular formula is C17H13BrN4. The molecule has 0 spiro atoms. The predicted octanol–water partition coefficient (Wildman–Crippen LogP) is 3.14. The molecule has 108 valence electrons. The topological polar surface area (TPSA) is 49.6 Å². The first-order valence-corrected chi connectivity index (χ1v) is 7.57. The zero-order valence-electron chi connectivity index (χ0n) is 11.8. The minimum atomic E-state index is 0.336. The van der Waals surface area contributed by atoms with E-state index in [0.29, 0.717) is 13.1 Å². The van der Waals surface area contributed by atoms with Crippen LogP contribution in [0.5, 0.6) is 0 Å². The number of hydrogen-bond acceptors (Lipinski definition) is 3. The van der Waals surface area contributed by atoms with Gasteiger partial charge < -0.3 is 5.32 Å². The Balaban J connectivity index is 2.12. The normalized spacial score (nSPS) is 15.3. The largest absolute Gasteiger partial charge is 0.342 e. The van der Waals surface area contributed by atoms with Gasteiger partial charge in [0, 0.05) is 21.9 Å². The van der Waals surface area contributed by atoms with E-state index in [-0.39, 0.29) is 0 Å². The second-order valence-electron chi connectivity index (χ2n) is 4.66. The van der Waals surface area contributed by atoms with Crippen molar-refractivity contribution in [3.8, 4) is 12.3 Å². The summed E-state index contributed by atoms with van der Waals surface area (Å²) in [5.41, 5.74) is 3.61. The van der Waals surface area contributed by atoms with Crippen molar-refractivity contribution < 1.29 is 0 Å². The van der Waals surface area contributed by atoms with Gasteiger partial charge in [-0.3, -0.25) is 15.0 Å². The molecule has 1 aromatic heterocycles. The maximum absolute atomic E-state index is 5.28. The highest BCUT2D eigenvalue weighted by Gasteiger charge is 2.18. The van der Waals surface area contributed by atoms with Crippen LogP contribution in [-0.4, -0.2) is 29.6 Å². The Bertz CT molecular complexity index is 788. The summed E-state index contributed by atoms with van der Waals surface area (Å²) in [4.78, 5) is 13.4. The molecule has 0 aliphatic carbocycles. The average molecular weight is 353 g/mol. The van der Waals surface area contributed by atoms with Gasteiger partial charge in [-0.05, 0) is 30.3 Å². The van der Waals surface area contributed by atoms with E-state index in [2.05, 4.69) is 42.1 Å². The molecule has 0 saturated heterocycles. The monoisotopic (exact) mass is 352 g/mol. The Kier molecular flexibility index (Phi) is 4.31. The Labute approximate surface area is 137 Å². The number of nitrogens with one attached hydrogen (secondary N) is 1. The van der Waals surface area contributed by atoms with Gasteiger partial charge >= 0.3 is 0 Å². The Morgan fingerprint density at radius 3 is 3.00 bits per heavy atom. The fraction of sp³-hybridized carbons (Fsp3) is 0.118. The number of nitrogens with zero attached hydrogens (tertiary/aromatic N) is 3. The Hall–Kier alpha value is -2.45. The highest BCUT2D eigenvalue weighted by atomic mass is 79.9. The number of benzene rings is 1. The van der Waals surface area contributed by atoms with E-state index in [4.69, 9.17) is 6.42 Å². The zero-order chi connectivity index (χ0) is 15.4. The molecule has 2 aromatic rings. The third-order valence-corrected chi connectivity index (χ3v) is 3.66. The maximum Gasteiger partial charge on any atom is 0.124 e. The van der Waals surface area contributed by atoms with Crippen LogP contribution >= 0.6 is 15.9 Å². The Morgan fingerprint density at radius 2 is 2.23 bits per heavy atom. The maximum atomic E-state index is 5.28. The molecular weight excluding hydrogens is 340 g/mol. The summed E-state index contributed by atoms with van der Waals surface area (Å²) in [6.07, 6.45) is 7.05.